The van der Waals surface area contributed by atoms with Crippen molar-refractivity contribution >= 4 is 17.5 Å². The number of nitrogens with zero attached hydrogens (tertiary/aromatic N) is 5. The maximum absolute atomic E-state index is 13.5. The van der Waals surface area contributed by atoms with Gasteiger partial charge in [-0.25, -0.2) is 15.0 Å². The highest BCUT2D eigenvalue weighted by Crippen LogP contribution is 2.28. The van der Waals surface area contributed by atoms with Crippen molar-refractivity contribution < 1.29 is 9.59 Å². The first-order valence-corrected chi connectivity index (χ1v) is 13.0. The first-order valence-electron chi connectivity index (χ1n) is 13.0. The number of anilines is 1. The third kappa shape index (κ3) is 6.93. The van der Waals surface area contributed by atoms with E-state index in [1.165, 1.54) is 17.5 Å². The fourth-order valence-corrected chi connectivity index (χ4v) is 4.55. The van der Waals surface area contributed by atoms with Gasteiger partial charge in [-0.15, -0.1) is 0 Å². The molecule has 1 aliphatic rings. The SMILES string of the molecule is Cc1ccc(-c2cncnc2)cc1N(CC(=O)NCCNC(C)C)CC(=O)N(C)N1Cc2ccccc2C1. The molecule has 0 saturated heterocycles. The van der Waals surface area contributed by atoms with Crippen molar-refractivity contribution in [1.82, 2.24) is 30.6 Å². The van der Waals surface area contributed by atoms with Crippen LogP contribution in [-0.4, -0.2) is 71.1 Å². The van der Waals surface area contributed by atoms with Crippen molar-refractivity contribution in [2.24, 2.45) is 0 Å². The van der Waals surface area contributed by atoms with Crippen molar-refractivity contribution in [2.45, 2.75) is 39.9 Å². The van der Waals surface area contributed by atoms with Gasteiger partial charge in [0.2, 0.25) is 5.91 Å². The Balaban J connectivity index is 1.52. The molecule has 0 radical (unpaired) electrons. The molecule has 0 fully saturated rings. The van der Waals surface area contributed by atoms with Crippen molar-refractivity contribution in [3.8, 4) is 11.1 Å². The minimum Gasteiger partial charge on any atom is -0.353 e. The molecule has 0 saturated carbocycles. The molecule has 9 nitrogen and oxygen atoms in total. The number of benzene rings is 2. The van der Waals surface area contributed by atoms with E-state index in [0.717, 1.165) is 22.4 Å². The molecule has 2 N–H and O–H groups in total. The Morgan fingerprint density at radius 2 is 1.66 bits per heavy atom. The third-order valence-electron chi connectivity index (χ3n) is 6.71. The molecule has 200 valence electrons. The lowest BCUT2D eigenvalue weighted by Gasteiger charge is -2.32. The number of hydrogen-bond donors (Lipinski definition) is 2. The van der Waals surface area contributed by atoms with E-state index in [1.54, 1.807) is 24.5 Å². The summed E-state index contributed by atoms with van der Waals surface area (Å²) >= 11 is 0. The largest absolute Gasteiger partial charge is 0.353 e. The number of carbonyl (C=O) groups excluding carboxylic acids is 2. The predicted molar refractivity (Wildman–Crippen MR) is 149 cm³/mol. The summed E-state index contributed by atoms with van der Waals surface area (Å²) < 4.78 is 0. The van der Waals surface area contributed by atoms with Gasteiger partial charge >= 0.3 is 0 Å². The standard InChI is InChI=1S/C29H37N7O2/c1-21(2)32-11-12-33-28(37)18-35(27-13-23(10-9-22(27)3)26-14-30-20-31-15-26)19-29(38)34(4)36-16-24-7-5-6-8-25(24)17-36/h5-10,13-15,20-21,32H,11-12,16-19H2,1-4H3,(H,33,37). The Kier molecular flexibility index (Phi) is 9.04. The summed E-state index contributed by atoms with van der Waals surface area (Å²) in [7, 11) is 1.80. The van der Waals surface area contributed by atoms with E-state index in [9.17, 15) is 9.59 Å². The number of rotatable bonds is 11. The van der Waals surface area contributed by atoms with Crippen LogP contribution in [0.4, 0.5) is 5.69 Å². The monoisotopic (exact) mass is 515 g/mol. The highest BCUT2D eigenvalue weighted by Gasteiger charge is 2.27. The fraction of sp³-hybridized carbons (Fsp3) is 0.379. The predicted octanol–water partition coefficient (Wildman–Crippen LogP) is 2.76. The molecule has 2 amide bonds. The number of aromatic nitrogens is 2. The maximum atomic E-state index is 13.5. The second-order valence-electron chi connectivity index (χ2n) is 9.95. The summed E-state index contributed by atoms with van der Waals surface area (Å²) in [5, 5.41) is 9.99. The molecule has 0 unspecified atom stereocenters. The zero-order valence-electron chi connectivity index (χ0n) is 22.6. The van der Waals surface area contributed by atoms with Gasteiger partial charge in [-0.2, -0.15) is 0 Å². The van der Waals surface area contributed by atoms with Crippen molar-refractivity contribution in [3.05, 3.63) is 77.9 Å². The smallest absolute Gasteiger partial charge is 0.256 e. The Labute approximate surface area is 224 Å². The van der Waals surface area contributed by atoms with E-state index >= 15 is 0 Å². The van der Waals surface area contributed by atoms with E-state index in [-0.39, 0.29) is 24.9 Å². The van der Waals surface area contributed by atoms with Crippen LogP contribution in [0.5, 0.6) is 0 Å². The van der Waals surface area contributed by atoms with Crippen LogP contribution in [0.15, 0.2) is 61.2 Å². The maximum Gasteiger partial charge on any atom is 0.256 e. The first kappa shape index (κ1) is 27.2. The number of nitrogens with one attached hydrogen (secondary N) is 2. The van der Waals surface area contributed by atoms with E-state index in [4.69, 9.17) is 0 Å². The molecular formula is C29H37N7O2. The summed E-state index contributed by atoms with van der Waals surface area (Å²) in [5.41, 5.74) is 6.06. The molecule has 1 aromatic heterocycles. The zero-order chi connectivity index (χ0) is 27.1. The van der Waals surface area contributed by atoms with Gasteiger partial charge in [0.25, 0.3) is 5.91 Å². The average Bonchev–Trinajstić information content (AvgIpc) is 3.35. The fourth-order valence-electron chi connectivity index (χ4n) is 4.55. The lowest BCUT2D eigenvalue weighted by atomic mass is 10.0. The van der Waals surface area contributed by atoms with Gasteiger partial charge in [-0.1, -0.05) is 50.2 Å². The van der Waals surface area contributed by atoms with Crippen LogP contribution in [0, 0.1) is 6.92 Å². The van der Waals surface area contributed by atoms with E-state index in [1.807, 2.05) is 47.2 Å². The van der Waals surface area contributed by atoms with Crippen LogP contribution >= 0.6 is 0 Å². The summed E-state index contributed by atoms with van der Waals surface area (Å²) in [6, 6.07) is 14.6. The highest BCUT2D eigenvalue weighted by molar-refractivity contribution is 5.87. The first-order chi connectivity index (χ1) is 18.3. The average molecular weight is 516 g/mol. The molecule has 38 heavy (non-hydrogen) atoms. The van der Waals surface area contributed by atoms with Gasteiger partial charge in [-0.05, 0) is 35.2 Å². The van der Waals surface area contributed by atoms with Gasteiger partial charge in [-0.3, -0.25) is 14.6 Å². The summed E-state index contributed by atoms with van der Waals surface area (Å²) in [6.07, 6.45) is 5.00. The minimum atomic E-state index is -0.132. The summed E-state index contributed by atoms with van der Waals surface area (Å²) in [5.74, 6) is -0.215. The number of aryl methyl sites for hydroxylation is 1. The van der Waals surface area contributed by atoms with Crippen LogP contribution in [-0.2, 0) is 22.7 Å². The Hall–Kier alpha value is -3.82. The van der Waals surface area contributed by atoms with E-state index in [2.05, 4.69) is 46.6 Å². The van der Waals surface area contributed by atoms with Crippen LogP contribution in [0.2, 0.25) is 0 Å². The lowest BCUT2D eigenvalue weighted by molar-refractivity contribution is -0.145. The van der Waals surface area contributed by atoms with E-state index < -0.39 is 0 Å². The lowest BCUT2D eigenvalue weighted by Crippen LogP contribution is -2.48. The molecule has 3 aromatic rings. The van der Waals surface area contributed by atoms with Gasteiger partial charge in [0.1, 0.15) is 6.33 Å². The Bertz CT molecular complexity index is 1220. The molecule has 2 aromatic carbocycles. The van der Waals surface area contributed by atoms with E-state index in [0.29, 0.717) is 32.2 Å². The van der Waals surface area contributed by atoms with Crippen LogP contribution in [0.25, 0.3) is 11.1 Å². The number of hydrazine groups is 1. The normalized spacial score (nSPS) is 12.9. The zero-order valence-corrected chi connectivity index (χ0v) is 22.6. The van der Waals surface area contributed by atoms with Crippen LogP contribution in [0.3, 0.4) is 0 Å². The third-order valence-corrected chi connectivity index (χ3v) is 6.71. The van der Waals surface area contributed by atoms with Gasteiger partial charge in [0, 0.05) is 62.9 Å². The number of fused-ring (bicyclic) bond motifs is 1. The number of hydrogen-bond acceptors (Lipinski definition) is 7. The van der Waals surface area contributed by atoms with Crippen LogP contribution < -0.4 is 15.5 Å². The van der Waals surface area contributed by atoms with Crippen molar-refractivity contribution in [3.63, 3.8) is 0 Å². The molecule has 2 heterocycles. The molecular weight excluding hydrogens is 478 g/mol. The molecule has 0 aliphatic carbocycles. The molecule has 0 spiro atoms. The minimum absolute atomic E-state index is 0.0661. The highest BCUT2D eigenvalue weighted by atomic mass is 16.2. The molecule has 0 bridgehead atoms. The second kappa shape index (κ2) is 12.6. The second-order valence-corrected chi connectivity index (χ2v) is 9.95. The number of carbonyl (C=O) groups is 2. The van der Waals surface area contributed by atoms with Gasteiger partial charge in [0.15, 0.2) is 0 Å². The van der Waals surface area contributed by atoms with Crippen molar-refractivity contribution in [2.75, 3.05) is 38.1 Å². The number of amides is 2. The van der Waals surface area contributed by atoms with Crippen molar-refractivity contribution in [1.29, 1.82) is 0 Å². The Morgan fingerprint density at radius 3 is 2.32 bits per heavy atom. The van der Waals surface area contributed by atoms with Gasteiger partial charge in [0.05, 0.1) is 13.1 Å². The molecule has 1 aliphatic heterocycles. The Morgan fingerprint density at radius 1 is 0.974 bits per heavy atom. The summed E-state index contributed by atoms with van der Waals surface area (Å²) in [6.45, 7) is 8.83. The summed E-state index contributed by atoms with van der Waals surface area (Å²) in [4.78, 5) is 36.6. The number of likely N-dealkylation sites (N-methyl/N-ethyl adjacent to an activating group) is 1. The molecule has 0 atom stereocenters. The quantitative estimate of drug-likeness (QED) is 0.379. The molecule has 9 heteroatoms. The van der Waals surface area contributed by atoms with Gasteiger partial charge < -0.3 is 15.5 Å². The topological polar surface area (TPSA) is 93.7 Å². The molecule has 4 rings (SSSR count). The van der Waals surface area contributed by atoms with Crippen LogP contribution in [0.1, 0.15) is 30.5 Å².